The second kappa shape index (κ2) is 5.53. The fraction of sp³-hybridized carbons (Fsp3) is 0.250. The maximum Gasteiger partial charge on any atom is 0.309 e. The third-order valence-electron chi connectivity index (χ3n) is 1.49. The van der Waals surface area contributed by atoms with Crippen LogP contribution in [0.15, 0.2) is 23.1 Å². The van der Waals surface area contributed by atoms with Crippen LogP contribution < -0.4 is 16.2 Å². The maximum absolute atomic E-state index is 10.3. The van der Waals surface area contributed by atoms with Crippen molar-refractivity contribution >= 4 is 11.8 Å². The summed E-state index contributed by atoms with van der Waals surface area (Å²) >= 11 is 0. The Hall–Kier alpha value is -2.18. The smallest absolute Gasteiger partial charge is 0.309 e. The number of amides is 2. The van der Waals surface area contributed by atoms with Crippen LogP contribution >= 0.6 is 0 Å². The van der Waals surface area contributed by atoms with Gasteiger partial charge in [-0.1, -0.05) is 0 Å². The quantitative estimate of drug-likeness (QED) is 0.431. The molecule has 1 aliphatic rings. The van der Waals surface area contributed by atoms with Gasteiger partial charge in [0.1, 0.15) is 0 Å². The molecular weight excluding hydrogens is 200 g/mol. The molecule has 7 heteroatoms. The Morgan fingerprint density at radius 2 is 1.67 bits per heavy atom. The molecule has 1 aromatic heterocycles. The third kappa shape index (κ3) is 4.03. The first-order valence-corrected chi connectivity index (χ1v) is 4.26. The van der Waals surface area contributed by atoms with E-state index < -0.39 is 11.8 Å². The van der Waals surface area contributed by atoms with Gasteiger partial charge in [-0.25, -0.2) is 5.10 Å². The van der Waals surface area contributed by atoms with Gasteiger partial charge in [0, 0.05) is 25.4 Å². The van der Waals surface area contributed by atoms with E-state index in [1.54, 1.807) is 6.07 Å². The van der Waals surface area contributed by atoms with E-state index in [9.17, 15) is 14.4 Å². The highest BCUT2D eigenvalue weighted by Gasteiger charge is 2.15. The number of aromatic amines is 1. The zero-order chi connectivity index (χ0) is 11.1. The van der Waals surface area contributed by atoms with Crippen molar-refractivity contribution in [2.24, 2.45) is 0 Å². The molecule has 0 saturated carbocycles. The number of nitrogens with one attached hydrogen (secondary N) is 3. The van der Waals surface area contributed by atoms with Crippen LogP contribution in [0.3, 0.4) is 0 Å². The Bertz CT molecular complexity index is 367. The summed E-state index contributed by atoms with van der Waals surface area (Å²) in [6, 6.07) is 2.99. The summed E-state index contributed by atoms with van der Waals surface area (Å²) in [6.07, 6.45) is 1.52. The van der Waals surface area contributed by atoms with E-state index in [-0.39, 0.29) is 5.56 Å². The normalized spacial score (nSPS) is 14.4. The molecule has 80 valence electrons. The molecule has 0 atom stereocenters. The summed E-state index contributed by atoms with van der Waals surface area (Å²) in [5, 5.41) is 10.4. The first-order chi connectivity index (χ1) is 7.20. The molecule has 1 aliphatic heterocycles. The van der Waals surface area contributed by atoms with Gasteiger partial charge >= 0.3 is 11.8 Å². The lowest BCUT2D eigenvalue weighted by Crippen LogP contribution is -2.49. The number of aromatic nitrogens is 2. The van der Waals surface area contributed by atoms with Crippen molar-refractivity contribution in [2.75, 3.05) is 13.1 Å². The molecule has 0 aromatic carbocycles. The minimum Gasteiger partial charge on any atom is -0.346 e. The van der Waals surface area contributed by atoms with Gasteiger partial charge in [0.2, 0.25) is 0 Å². The van der Waals surface area contributed by atoms with Gasteiger partial charge in [-0.15, -0.1) is 0 Å². The second-order valence-corrected chi connectivity index (χ2v) is 2.63. The molecule has 2 rings (SSSR count). The van der Waals surface area contributed by atoms with Gasteiger partial charge in [-0.3, -0.25) is 14.4 Å². The SMILES string of the molecule is O=C1NCCNC1=O.O=c1cccn[nH]1. The van der Waals surface area contributed by atoms with E-state index in [0.29, 0.717) is 13.1 Å². The van der Waals surface area contributed by atoms with Crippen molar-refractivity contribution in [3.63, 3.8) is 0 Å². The first kappa shape index (κ1) is 10.9. The van der Waals surface area contributed by atoms with Crippen LogP contribution in [0.1, 0.15) is 0 Å². The van der Waals surface area contributed by atoms with Gasteiger partial charge in [0.25, 0.3) is 5.56 Å². The average Bonchev–Trinajstić information content (AvgIpc) is 2.25. The Kier molecular flexibility index (Phi) is 4.02. The molecular formula is C8H10N4O3. The van der Waals surface area contributed by atoms with E-state index in [1.165, 1.54) is 12.3 Å². The van der Waals surface area contributed by atoms with E-state index in [2.05, 4.69) is 20.8 Å². The Balaban J connectivity index is 0.000000151. The summed E-state index contributed by atoms with van der Waals surface area (Å²) in [7, 11) is 0. The molecule has 2 heterocycles. The summed E-state index contributed by atoms with van der Waals surface area (Å²) in [6.45, 7) is 1.09. The van der Waals surface area contributed by atoms with Crippen molar-refractivity contribution in [2.45, 2.75) is 0 Å². The van der Waals surface area contributed by atoms with E-state index in [1.807, 2.05) is 0 Å². The number of piperazine rings is 1. The molecule has 1 saturated heterocycles. The molecule has 2 amide bonds. The maximum atomic E-state index is 10.3. The lowest BCUT2D eigenvalue weighted by atomic mass is 10.4. The molecule has 0 spiro atoms. The molecule has 0 aliphatic carbocycles. The van der Waals surface area contributed by atoms with E-state index >= 15 is 0 Å². The Morgan fingerprint density at radius 3 is 1.93 bits per heavy atom. The Morgan fingerprint density at radius 1 is 1.07 bits per heavy atom. The minimum atomic E-state index is -0.531. The van der Waals surface area contributed by atoms with E-state index in [4.69, 9.17) is 0 Å². The highest BCUT2D eigenvalue weighted by atomic mass is 16.2. The molecule has 3 N–H and O–H groups in total. The van der Waals surface area contributed by atoms with Crippen LogP contribution in [0.4, 0.5) is 0 Å². The van der Waals surface area contributed by atoms with E-state index in [0.717, 1.165) is 0 Å². The number of carbonyl (C=O) groups is 2. The van der Waals surface area contributed by atoms with Crippen molar-refractivity contribution in [3.8, 4) is 0 Å². The lowest BCUT2D eigenvalue weighted by molar-refractivity contribution is -0.140. The summed E-state index contributed by atoms with van der Waals surface area (Å²) in [5.74, 6) is -1.06. The molecule has 0 unspecified atom stereocenters. The number of hydrogen-bond acceptors (Lipinski definition) is 4. The van der Waals surface area contributed by atoms with Crippen molar-refractivity contribution in [1.82, 2.24) is 20.8 Å². The highest BCUT2D eigenvalue weighted by Crippen LogP contribution is 1.73. The Labute approximate surface area is 84.9 Å². The topological polar surface area (TPSA) is 104 Å². The predicted octanol–water partition coefficient (Wildman–Crippen LogP) is -2.00. The molecule has 15 heavy (non-hydrogen) atoms. The van der Waals surface area contributed by atoms with Gasteiger partial charge in [0.15, 0.2) is 0 Å². The molecule has 7 nitrogen and oxygen atoms in total. The predicted molar refractivity (Wildman–Crippen MR) is 50.9 cm³/mol. The summed E-state index contributed by atoms with van der Waals surface area (Å²) in [4.78, 5) is 30.7. The summed E-state index contributed by atoms with van der Waals surface area (Å²) in [5.41, 5.74) is -0.164. The van der Waals surface area contributed by atoms with Gasteiger partial charge in [-0.05, 0) is 6.07 Å². The minimum absolute atomic E-state index is 0.164. The second-order valence-electron chi connectivity index (χ2n) is 2.63. The number of nitrogens with zero attached hydrogens (tertiary/aromatic N) is 1. The standard InChI is InChI=1S/C4H6N2O2.C4H4N2O/c7-3-4(8)6-2-1-5-3;7-4-2-1-3-5-6-4/h1-2H2,(H,5,7)(H,6,8);1-3H,(H,6,7). The average molecular weight is 210 g/mol. The lowest BCUT2D eigenvalue weighted by Gasteiger charge is -2.10. The third-order valence-corrected chi connectivity index (χ3v) is 1.49. The number of H-pyrrole nitrogens is 1. The molecule has 0 radical (unpaired) electrons. The number of carbonyl (C=O) groups excluding carboxylic acids is 2. The van der Waals surface area contributed by atoms with Crippen LogP contribution in [0.2, 0.25) is 0 Å². The zero-order valence-electron chi connectivity index (χ0n) is 7.82. The van der Waals surface area contributed by atoms with Crippen LogP contribution in [-0.4, -0.2) is 35.1 Å². The molecule has 0 bridgehead atoms. The van der Waals surface area contributed by atoms with Crippen LogP contribution in [0, 0.1) is 0 Å². The first-order valence-electron chi connectivity index (χ1n) is 4.26. The summed E-state index contributed by atoms with van der Waals surface area (Å²) < 4.78 is 0. The van der Waals surface area contributed by atoms with Crippen molar-refractivity contribution in [1.29, 1.82) is 0 Å². The fourth-order valence-corrected chi connectivity index (χ4v) is 0.824. The van der Waals surface area contributed by atoms with Crippen LogP contribution in [0.5, 0.6) is 0 Å². The number of rotatable bonds is 0. The zero-order valence-corrected chi connectivity index (χ0v) is 7.82. The van der Waals surface area contributed by atoms with Crippen molar-refractivity contribution < 1.29 is 9.59 Å². The van der Waals surface area contributed by atoms with Crippen LogP contribution in [0.25, 0.3) is 0 Å². The molecule has 1 aromatic rings. The van der Waals surface area contributed by atoms with Gasteiger partial charge in [-0.2, -0.15) is 5.10 Å². The van der Waals surface area contributed by atoms with Gasteiger partial charge in [0.05, 0.1) is 0 Å². The largest absolute Gasteiger partial charge is 0.346 e. The fourth-order valence-electron chi connectivity index (χ4n) is 0.824. The molecule has 1 fully saturated rings. The monoisotopic (exact) mass is 210 g/mol. The van der Waals surface area contributed by atoms with Gasteiger partial charge < -0.3 is 10.6 Å². The highest BCUT2D eigenvalue weighted by molar-refractivity contribution is 6.35. The van der Waals surface area contributed by atoms with Crippen LogP contribution in [-0.2, 0) is 9.59 Å². The van der Waals surface area contributed by atoms with Crippen molar-refractivity contribution in [3.05, 3.63) is 28.7 Å². The number of hydrogen-bond donors (Lipinski definition) is 3.